The molecule has 0 unspecified atom stereocenters. The van der Waals surface area contributed by atoms with Crippen LogP contribution in [-0.2, 0) is 0 Å². The lowest BCUT2D eigenvalue weighted by Gasteiger charge is -2.31. The van der Waals surface area contributed by atoms with Crippen molar-refractivity contribution in [2.45, 2.75) is 54.4 Å². The monoisotopic (exact) mass is 832 g/mol. The van der Waals surface area contributed by atoms with Gasteiger partial charge in [0.1, 0.15) is 0 Å². The summed E-state index contributed by atoms with van der Waals surface area (Å²) in [7, 11) is 0. The lowest BCUT2D eigenvalue weighted by Crippen LogP contribution is -2.18. The van der Waals surface area contributed by atoms with E-state index < -0.39 is 0 Å². The van der Waals surface area contributed by atoms with E-state index in [2.05, 4.69) is 267 Å². The molecule has 0 saturated heterocycles. The number of hydrogen-bond donors (Lipinski definition) is 0. The minimum atomic E-state index is 0.993. The molecular weight excluding hydrogens is 777 g/mol. The third-order valence-electron chi connectivity index (χ3n) is 12.1. The van der Waals surface area contributed by atoms with Crippen LogP contribution in [-0.4, -0.2) is 0 Å². The summed E-state index contributed by atoms with van der Waals surface area (Å²) in [5, 5.41) is 0. The van der Waals surface area contributed by atoms with Gasteiger partial charge in [0, 0.05) is 68.3 Å². The SMILES string of the molecule is CC1=CC=C(N(c2ccc(N(c3ccc(N(c4ccc(C)cc4)c4ccc(C)cc4)cc3)c3ccc(N(c4ccc(C)cc4)c4ccc(C)cc4)cc3)cc2)c2cccc(C)c2)CC1. The molecule has 0 radical (unpaired) electrons. The quantitative estimate of drug-likeness (QED) is 0.122. The summed E-state index contributed by atoms with van der Waals surface area (Å²) in [4.78, 5) is 9.45. The summed E-state index contributed by atoms with van der Waals surface area (Å²) in [6.45, 7) is 12.9. The van der Waals surface area contributed by atoms with E-state index in [0.29, 0.717) is 0 Å². The summed E-state index contributed by atoms with van der Waals surface area (Å²) in [6.07, 6.45) is 6.61. The van der Waals surface area contributed by atoms with Crippen molar-refractivity contribution >= 4 is 62.6 Å². The fraction of sp³-hybridized carbons (Fsp3) is 0.133. The zero-order valence-corrected chi connectivity index (χ0v) is 37.8. The highest BCUT2D eigenvalue weighted by Crippen LogP contribution is 2.43. The van der Waals surface area contributed by atoms with Gasteiger partial charge in [0.25, 0.3) is 0 Å². The molecule has 0 amide bonds. The van der Waals surface area contributed by atoms with Crippen molar-refractivity contribution < 1.29 is 0 Å². The molecule has 1 aliphatic rings. The molecule has 0 aromatic heterocycles. The van der Waals surface area contributed by atoms with Gasteiger partial charge in [-0.1, -0.05) is 94.6 Å². The highest BCUT2D eigenvalue weighted by atomic mass is 15.2. The molecule has 4 nitrogen and oxygen atoms in total. The number of hydrogen-bond acceptors (Lipinski definition) is 4. The van der Waals surface area contributed by atoms with Crippen molar-refractivity contribution in [1.82, 2.24) is 0 Å². The highest BCUT2D eigenvalue weighted by Gasteiger charge is 2.21. The van der Waals surface area contributed by atoms with Crippen LogP contribution in [0, 0.1) is 34.6 Å². The number of aryl methyl sites for hydroxylation is 5. The summed E-state index contributed by atoms with van der Waals surface area (Å²) in [5.74, 6) is 0. The molecule has 64 heavy (non-hydrogen) atoms. The Bertz CT molecular complexity index is 2660. The molecule has 8 aromatic rings. The maximum atomic E-state index is 2.42. The number of anilines is 11. The van der Waals surface area contributed by atoms with Gasteiger partial charge < -0.3 is 19.6 Å². The smallest absolute Gasteiger partial charge is 0.0463 e. The van der Waals surface area contributed by atoms with Crippen molar-refractivity contribution in [3.8, 4) is 0 Å². The third kappa shape index (κ3) is 9.14. The van der Waals surface area contributed by atoms with Gasteiger partial charge in [-0.2, -0.15) is 0 Å². The lowest BCUT2D eigenvalue weighted by atomic mass is 10.0. The molecule has 1 aliphatic carbocycles. The topological polar surface area (TPSA) is 13.0 Å². The van der Waals surface area contributed by atoms with E-state index in [1.54, 1.807) is 0 Å². The predicted molar refractivity (Wildman–Crippen MR) is 274 cm³/mol. The Labute approximate surface area is 380 Å². The van der Waals surface area contributed by atoms with Crippen LogP contribution in [0.15, 0.2) is 218 Å². The molecule has 0 heterocycles. The Morgan fingerprint density at radius 3 is 0.797 bits per heavy atom. The van der Waals surface area contributed by atoms with Gasteiger partial charge in [0.05, 0.1) is 0 Å². The van der Waals surface area contributed by atoms with Gasteiger partial charge >= 0.3 is 0 Å². The van der Waals surface area contributed by atoms with Crippen LogP contribution in [0.25, 0.3) is 0 Å². The van der Waals surface area contributed by atoms with E-state index in [1.165, 1.54) is 44.8 Å². The van der Waals surface area contributed by atoms with Gasteiger partial charge in [0.2, 0.25) is 0 Å². The minimum Gasteiger partial charge on any atom is -0.314 e. The van der Waals surface area contributed by atoms with E-state index in [-0.39, 0.29) is 0 Å². The van der Waals surface area contributed by atoms with Crippen molar-refractivity contribution in [3.05, 3.63) is 245 Å². The van der Waals surface area contributed by atoms with Crippen LogP contribution < -0.4 is 19.6 Å². The van der Waals surface area contributed by atoms with E-state index in [1.807, 2.05) is 0 Å². The van der Waals surface area contributed by atoms with Crippen LogP contribution >= 0.6 is 0 Å². The standard InChI is InChI=1S/C60H56N4/c1-43-10-20-49(21-11-43)61(50-22-12-44(2)13-23-50)54-30-34-56(35-31-54)63(57-36-32-55(33-37-57)62(51-24-14-45(3)15-25-51)52-26-16-46(4)17-27-52)58-38-40-59(41-39-58)64(53-28-18-47(5)19-29-53)60-9-7-8-48(6)42-60/h7-18,20-28,30-42H,19,29H2,1-6H3. The third-order valence-corrected chi connectivity index (χ3v) is 12.1. The fourth-order valence-corrected chi connectivity index (χ4v) is 8.53. The van der Waals surface area contributed by atoms with Crippen LogP contribution in [0.1, 0.15) is 47.6 Å². The normalized spacial score (nSPS) is 12.3. The van der Waals surface area contributed by atoms with Crippen molar-refractivity contribution in [2.24, 2.45) is 0 Å². The average molecular weight is 833 g/mol. The van der Waals surface area contributed by atoms with E-state index in [9.17, 15) is 0 Å². The van der Waals surface area contributed by atoms with Crippen LogP contribution in [0.3, 0.4) is 0 Å². The van der Waals surface area contributed by atoms with Gasteiger partial charge in [-0.3, -0.25) is 0 Å². The fourth-order valence-electron chi connectivity index (χ4n) is 8.53. The molecule has 316 valence electrons. The average Bonchev–Trinajstić information content (AvgIpc) is 3.31. The Morgan fingerprint density at radius 1 is 0.250 bits per heavy atom. The van der Waals surface area contributed by atoms with Gasteiger partial charge in [-0.25, -0.2) is 0 Å². The summed E-state index contributed by atoms with van der Waals surface area (Å²) < 4.78 is 0. The Kier molecular flexibility index (Phi) is 12.0. The lowest BCUT2D eigenvalue weighted by molar-refractivity contribution is 0.874. The first-order chi connectivity index (χ1) is 31.2. The Hall–Kier alpha value is -7.56. The first-order valence-electron chi connectivity index (χ1n) is 22.4. The molecule has 0 fully saturated rings. The van der Waals surface area contributed by atoms with Gasteiger partial charge in [0.15, 0.2) is 0 Å². The Balaban J connectivity index is 1.13. The molecule has 4 heteroatoms. The molecule has 0 N–H and O–H groups in total. The molecule has 0 atom stereocenters. The second-order valence-electron chi connectivity index (χ2n) is 17.2. The second kappa shape index (κ2) is 18.4. The number of nitrogens with zero attached hydrogens (tertiary/aromatic N) is 4. The first-order valence-corrected chi connectivity index (χ1v) is 22.4. The predicted octanol–water partition coefficient (Wildman–Crippen LogP) is 17.4. The highest BCUT2D eigenvalue weighted by molar-refractivity contribution is 5.84. The van der Waals surface area contributed by atoms with E-state index >= 15 is 0 Å². The second-order valence-corrected chi connectivity index (χ2v) is 17.2. The van der Waals surface area contributed by atoms with Crippen molar-refractivity contribution in [3.63, 3.8) is 0 Å². The summed E-state index contributed by atoms with van der Waals surface area (Å²) >= 11 is 0. The number of allylic oxidation sites excluding steroid dienone is 4. The molecular formula is C60H56N4. The van der Waals surface area contributed by atoms with E-state index in [0.717, 1.165) is 69.7 Å². The van der Waals surface area contributed by atoms with Crippen LogP contribution in [0.2, 0.25) is 0 Å². The molecule has 9 rings (SSSR count). The number of benzene rings is 8. The maximum Gasteiger partial charge on any atom is 0.0463 e. The zero-order valence-electron chi connectivity index (χ0n) is 37.8. The van der Waals surface area contributed by atoms with Crippen LogP contribution in [0.5, 0.6) is 0 Å². The van der Waals surface area contributed by atoms with Crippen molar-refractivity contribution in [1.29, 1.82) is 0 Å². The maximum absolute atomic E-state index is 2.42. The van der Waals surface area contributed by atoms with E-state index in [4.69, 9.17) is 0 Å². The van der Waals surface area contributed by atoms with Crippen molar-refractivity contribution in [2.75, 3.05) is 19.6 Å². The zero-order chi connectivity index (χ0) is 44.2. The van der Waals surface area contributed by atoms with Crippen LogP contribution in [0.4, 0.5) is 62.6 Å². The molecule has 0 bridgehead atoms. The Morgan fingerprint density at radius 2 is 0.531 bits per heavy atom. The summed E-state index contributed by atoms with van der Waals surface area (Å²) in [5.41, 5.74) is 21.1. The molecule has 0 saturated carbocycles. The summed E-state index contributed by atoms with van der Waals surface area (Å²) in [6, 6.07) is 70.9. The minimum absolute atomic E-state index is 0.993. The largest absolute Gasteiger partial charge is 0.314 e. The molecule has 0 aliphatic heterocycles. The van der Waals surface area contributed by atoms with Gasteiger partial charge in [-0.15, -0.1) is 0 Å². The van der Waals surface area contributed by atoms with Gasteiger partial charge in [-0.05, 0) is 199 Å². The number of rotatable bonds is 12. The molecule has 0 spiro atoms. The molecule has 8 aromatic carbocycles. The first kappa shape index (κ1) is 41.8.